The molecular weight excluding hydrogens is 266 g/mol. The van der Waals surface area contributed by atoms with Gasteiger partial charge in [-0.3, -0.25) is 9.59 Å². The highest BCUT2D eigenvalue weighted by Crippen LogP contribution is 2.40. The van der Waals surface area contributed by atoms with Gasteiger partial charge in [-0.25, -0.2) is 0 Å². The van der Waals surface area contributed by atoms with Crippen LogP contribution in [0.2, 0.25) is 0 Å². The van der Waals surface area contributed by atoms with Gasteiger partial charge in [-0.15, -0.1) is 11.8 Å². The van der Waals surface area contributed by atoms with Crippen molar-refractivity contribution in [1.29, 1.82) is 0 Å². The second-order valence-corrected chi connectivity index (χ2v) is 6.37. The van der Waals surface area contributed by atoms with E-state index < -0.39 is 0 Å². The number of carbonyl (C=O) groups excluding carboxylic acids is 2. The average molecular weight is 289 g/mol. The van der Waals surface area contributed by atoms with E-state index in [4.69, 9.17) is 9.47 Å². The fourth-order valence-electron chi connectivity index (χ4n) is 2.32. The summed E-state index contributed by atoms with van der Waals surface area (Å²) in [6, 6.07) is -0.0175. The van der Waals surface area contributed by atoms with Crippen molar-refractivity contribution in [1.82, 2.24) is 5.32 Å². The summed E-state index contributed by atoms with van der Waals surface area (Å²) in [7, 11) is 1.64. The van der Waals surface area contributed by atoms with Crippen LogP contribution in [0.25, 0.3) is 0 Å². The molecule has 1 fully saturated rings. The van der Waals surface area contributed by atoms with Crippen LogP contribution in [0.1, 0.15) is 27.7 Å². The van der Waals surface area contributed by atoms with Gasteiger partial charge in [-0.2, -0.15) is 0 Å². The molecule has 0 aromatic rings. The van der Waals surface area contributed by atoms with Crippen molar-refractivity contribution in [3.8, 4) is 0 Å². The molecule has 1 saturated heterocycles. The third-order valence-corrected chi connectivity index (χ3v) is 5.31. The summed E-state index contributed by atoms with van der Waals surface area (Å²) < 4.78 is 10.6. The van der Waals surface area contributed by atoms with Crippen molar-refractivity contribution < 1.29 is 19.1 Å². The highest BCUT2D eigenvalue weighted by atomic mass is 32.2. The van der Waals surface area contributed by atoms with Crippen molar-refractivity contribution in [2.75, 3.05) is 13.7 Å². The third-order valence-electron chi connectivity index (χ3n) is 3.64. The van der Waals surface area contributed by atoms with Crippen LogP contribution in [0.5, 0.6) is 0 Å². The van der Waals surface area contributed by atoms with Gasteiger partial charge in [0.15, 0.2) is 0 Å². The Balaban J connectivity index is 2.72. The first kappa shape index (κ1) is 16.3. The Morgan fingerprint density at radius 1 is 1.21 bits per heavy atom. The van der Waals surface area contributed by atoms with Crippen LogP contribution in [0.3, 0.4) is 0 Å². The molecule has 1 N–H and O–H groups in total. The zero-order valence-corrected chi connectivity index (χ0v) is 13.0. The van der Waals surface area contributed by atoms with E-state index in [0.29, 0.717) is 12.5 Å². The second-order valence-electron chi connectivity index (χ2n) is 5.03. The van der Waals surface area contributed by atoms with Crippen LogP contribution < -0.4 is 5.32 Å². The molecule has 0 bridgehead atoms. The van der Waals surface area contributed by atoms with Crippen LogP contribution in [-0.4, -0.2) is 42.3 Å². The molecule has 110 valence electrons. The molecule has 19 heavy (non-hydrogen) atoms. The number of amides is 1. The van der Waals surface area contributed by atoms with E-state index in [2.05, 4.69) is 19.2 Å². The Bertz CT molecular complexity index is 333. The van der Waals surface area contributed by atoms with Crippen LogP contribution in [0.4, 0.5) is 0 Å². The van der Waals surface area contributed by atoms with Gasteiger partial charge in [-0.1, -0.05) is 13.8 Å². The van der Waals surface area contributed by atoms with Crippen molar-refractivity contribution in [3.05, 3.63) is 0 Å². The molecule has 0 aliphatic carbocycles. The van der Waals surface area contributed by atoms with Crippen LogP contribution in [-0.2, 0) is 19.1 Å². The smallest absolute Gasteiger partial charge is 0.302 e. The molecule has 0 radical (unpaired) electrons. The summed E-state index contributed by atoms with van der Waals surface area (Å²) >= 11 is 1.62. The van der Waals surface area contributed by atoms with Gasteiger partial charge in [0, 0.05) is 26.2 Å². The molecule has 0 saturated carbocycles. The van der Waals surface area contributed by atoms with Crippen molar-refractivity contribution in [2.45, 2.75) is 44.4 Å². The van der Waals surface area contributed by atoms with Crippen molar-refractivity contribution in [3.63, 3.8) is 0 Å². The molecule has 5 nitrogen and oxygen atoms in total. The standard InChI is InChI=1S/C13H23NO4S/c1-7-8(2)12(14-9(3)15)13(17-5)19-11(7)6-18-10(4)16/h7-8,11-13H,6H2,1-5H3,(H,14,15)/t7-,8-,11?,12?,13+/m0/s1. The molecule has 1 amide bonds. The maximum Gasteiger partial charge on any atom is 0.302 e. The predicted molar refractivity (Wildman–Crippen MR) is 74.7 cm³/mol. The van der Waals surface area contributed by atoms with Gasteiger partial charge in [0.2, 0.25) is 5.91 Å². The van der Waals surface area contributed by atoms with E-state index in [0.717, 1.165) is 0 Å². The van der Waals surface area contributed by atoms with E-state index in [1.807, 2.05) is 0 Å². The van der Waals surface area contributed by atoms with Crippen molar-refractivity contribution in [2.24, 2.45) is 11.8 Å². The Hall–Kier alpha value is -0.750. The summed E-state index contributed by atoms with van der Waals surface area (Å²) in [5.41, 5.74) is -0.115. The van der Waals surface area contributed by atoms with Gasteiger partial charge in [0.25, 0.3) is 0 Å². The van der Waals surface area contributed by atoms with Crippen LogP contribution >= 0.6 is 11.8 Å². The Morgan fingerprint density at radius 2 is 1.84 bits per heavy atom. The van der Waals surface area contributed by atoms with Gasteiger partial charge in [-0.05, 0) is 11.8 Å². The molecule has 1 aliphatic rings. The van der Waals surface area contributed by atoms with Gasteiger partial charge in [0.1, 0.15) is 12.0 Å². The van der Waals surface area contributed by atoms with Gasteiger partial charge >= 0.3 is 5.97 Å². The topological polar surface area (TPSA) is 64.6 Å². The van der Waals surface area contributed by atoms with Crippen molar-refractivity contribution >= 4 is 23.6 Å². The number of rotatable bonds is 4. The fraction of sp³-hybridized carbons (Fsp3) is 0.846. The quantitative estimate of drug-likeness (QED) is 0.793. The first-order valence-corrected chi connectivity index (χ1v) is 7.39. The molecular formula is C13H23NO4S. The minimum absolute atomic E-state index is 0.0175. The molecule has 0 aromatic carbocycles. The maximum atomic E-state index is 11.3. The Kier molecular flexibility index (Phi) is 6.13. The largest absolute Gasteiger partial charge is 0.465 e. The number of methoxy groups -OCH3 is 1. The lowest BCUT2D eigenvalue weighted by Crippen LogP contribution is -2.54. The normalized spacial score (nSPS) is 34.7. The van der Waals surface area contributed by atoms with E-state index in [1.165, 1.54) is 13.8 Å². The minimum atomic E-state index is -0.265. The predicted octanol–water partition coefficient (Wildman–Crippen LogP) is 1.41. The molecule has 2 unspecified atom stereocenters. The summed E-state index contributed by atoms with van der Waals surface area (Å²) in [6.07, 6.45) is 0. The SMILES string of the molecule is CO[C@@H]1SC(COC(C)=O)[C@@H](C)[C@H](C)C1NC(C)=O. The van der Waals surface area contributed by atoms with Gasteiger partial charge in [0.05, 0.1) is 6.04 Å². The number of esters is 1. The van der Waals surface area contributed by atoms with E-state index in [9.17, 15) is 9.59 Å². The summed E-state index contributed by atoms with van der Waals surface area (Å²) in [4.78, 5) is 22.2. The summed E-state index contributed by atoms with van der Waals surface area (Å²) in [5.74, 6) is 0.270. The lowest BCUT2D eigenvalue weighted by atomic mass is 9.86. The van der Waals surface area contributed by atoms with E-state index >= 15 is 0 Å². The average Bonchev–Trinajstić information content (AvgIpc) is 2.33. The molecule has 0 spiro atoms. The number of carbonyl (C=O) groups is 2. The summed E-state index contributed by atoms with van der Waals surface area (Å²) in [6.45, 7) is 7.53. The molecule has 1 aliphatic heterocycles. The molecule has 1 rings (SSSR count). The second kappa shape index (κ2) is 7.14. The Morgan fingerprint density at radius 3 is 2.32 bits per heavy atom. The zero-order valence-electron chi connectivity index (χ0n) is 12.1. The lowest BCUT2D eigenvalue weighted by molar-refractivity contribution is -0.141. The molecule has 0 aromatic heterocycles. The van der Waals surface area contributed by atoms with E-state index in [-0.39, 0.29) is 34.5 Å². The highest BCUT2D eigenvalue weighted by molar-refractivity contribution is 8.00. The number of thioether (sulfide) groups is 1. The number of hydrogen-bond acceptors (Lipinski definition) is 5. The first-order chi connectivity index (χ1) is 8.86. The van der Waals surface area contributed by atoms with E-state index in [1.54, 1.807) is 18.9 Å². The number of ether oxygens (including phenoxy) is 2. The monoisotopic (exact) mass is 289 g/mol. The molecule has 1 heterocycles. The Labute approximate surface area is 118 Å². The molecule has 6 heteroatoms. The molecule has 5 atom stereocenters. The lowest BCUT2D eigenvalue weighted by Gasteiger charge is -2.43. The maximum absolute atomic E-state index is 11.3. The summed E-state index contributed by atoms with van der Waals surface area (Å²) in [5, 5.41) is 3.14. The zero-order chi connectivity index (χ0) is 14.6. The third kappa shape index (κ3) is 4.38. The minimum Gasteiger partial charge on any atom is -0.465 e. The number of hydrogen-bond donors (Lipinski definition) is 1. The van der Waals surface area contributed by atoms with Gasteiger partial charge < -0.3 is 14.8 Å². The highest BCUT2D eigenvalue weighted by Gasteiger charge is 2.42. The first-order valence-electron chi connectivity index (χ1n) is 6.45. The fourth-order valence-corrected chi connectivity index (χ4v) is 3.90. The van der Waals surface area contributed by atoms with Crippen LogP contribution in [0.15, 0.2) is 0 Å². The van der Waals surface area contributed by atoms with Crippen LogP contribution in [0, 0.1) is 11.8 Å². The number of nitrogens with one attached hydrogen (secondary N) is 1.